The van der Waals surface area contributed by atoms with Gasteiger partial charge in [-0.05, 0) is 49.0 Å². The highest BCUT2D eigenvalue weighted by atomic mass is 19.4. The number of carbonyl (C=O) groups is 3. The lowest BCUT2D eigenvalue weighted by molar-refractivity contribution is -0.192. The van der Waals surface area contributed by atoms with Crippen LogP contribution in [-0.4, -0.2) is 71.9 Å². The minimum atomic E-state index is -5.08. The third-order valence-electron chi connectivity index (χ3n) is 4.99. The van der Waals surface area contributed by atoms with Crippen LogP contribution in [0.2, 0.25) is 0 Å². The first-order valence-electron chi connectivity index (χ1n) is 10.1. The molecular formula is C22H23F4N3O5. The Hall–Kier alpha value is -3.67. The molecule has 0 unspecified atom stereocenters. The minimum Gasteiger partial charge on any atom is -0.478 e. The number of alkyl halides is 3. The highest BCUT2D eigenvalue weighted by molar-refractivity contribution is 6.05. The van der Waals surface area contributed by atoms with Crippen molar-refractivity contribution in [3.05, 3.63) is 59.4 Å². The van der Waals surface area contributed by atoms with Crippen molar-refractivity contribution in [3.8, 4) is 0 Å². The van der Waals surface area contributed by atoms with Crippen LogP contribution < -0.4 is 10.2 Å². The monoisotopic (exact) mass is 485 g/mol. The number of nitrogens with zero attached hydrogens (tertiary/aromatic N) is 2. The first-order valence-corrected chi connectivity index (χ1v) is 10.1. The second kappa shape index (κ2) is 11.5. The van der Waals surface area contributed by atoms with Crippen molar-refractivity contribution >= 4 is 29.2 Å². The number of hydrogen-bond donors (Lipinski definition) is 3. The number of carbonyl (C=O) groups excluding carboxylic acids is 1. The number of rotatable bonds is 5. The highest BCUT2D eigenvalue weighted by Crippen LogP contribution is 2.26. The minimum absolute atomic E-state index is 0.150. The number of amides is 1. The van der Waals surface area contributed by atoms with Crippen LogP contribution in [0, 0.1) is 5.82 Å². The van der Waals surface area contributed by atoms with Crippen LogP contribution >= 0.6 is 0 Å². The van der Waals surface area contributed by atoms with Crippen LogP contribution in [0.15, 0.2) is 42.5 Å². The van der Waals surface area contributed by atoms with E-state index in [4.69, 9.17) is 9.90 Å². The fraction of sp³-hybridized carbons (Fsp3) is 0.318. The van der Waals surface area contributed by atoms with E-state index in [1.54, 1.807) is 12.1 Å². The summed E-state index contributed by atoms with van der Waals surface area (Å²) in [6.45, 7) is 6.38. The van der Waals surface area contributed by atoms with Crippen molar-refractivity contribution in [3.63, 3.8) is 0 Å². The van der Waals surface area contributed by atoms with E-state index >= 15 is 0 Å². The molecule has 8 nitrogen and oxygen atoms in total. The van der Waals surface area contributed by atoms with E-state index in [9.17, 15) is 32.3 Å². The Morgan fingerprint density at radius 2 is 1.53 bits per heavy atom. The van der Waals surface area contributed by atoms with Crippen LogP contribution in [0.5, 0.6) is 0 Å². The molecule has 0 saturated carbocycles. The molecule has 0 bridgehead atoms. The van der Waals surface area contributed by atoms with Gasteiger partial charge in [0.25, 0.3) is 5.91 Å². The Balaban J connectivity index is 0.000000509. The number of anilines is 2. The average Bonchev–Trinajstić information content (AvgIpc) is 2.79. The van der Waals surface area contributed by atoms with Crippen molar-refractivity contribution in [2.24, 2.45) is 0 Å². The fourth-order valence-electron chi connectivity index (χ4n) is 3.17. The van der Waals surface area contributed by atoms with Crippen LogP contribution in [0.3, 0.4) is 0 Å². The second-order valence-electron chi connectivity index (χ2n) is 7.22. The lowest BCUT2D eigenvalue weighted by Crippen LogP contribution is -2.46. The summed E-state index contributed by atoms with van der Waals surface area (Å²) in [7, 11) is 0. The molecule has 1 aliphatic rings. The molecule has 0 aliphatic carbocycles. The third-order valence-corrected chi connectivity index (χ3v) is 4.99. The Kier molecular flexibility index (Phi) is 8.96. The van der Waals surface area contributed by atoms with Gasteiger partial charge in [0.1, 0.15) is 5.82 Å². The summed E-state index contributed by atoms with van der Waals surface area (Å²) < 4.78 is 44.7. The number of likely N-dealkylation sites (N-methyl/N-ethyl adjacent to an activating group) is 1. The molecule has 3 rings (SSSR count). The highest BCUT2D eigenvalue weighted by Gasteiger charge is 2.38. The molecule has 0 aromatic heterocycles. The Labute approximate surface area is 192 Å². The molecule has 2 aromatic carbocycles. The number of aliphatic carboxylic acids is 1. The molecule has 0 atom stereocenters. The molecular weight excluding hydrogens is 462 g/mol. The molecule has 0 radical (unpaired) electrons. The SMILES string of the molecule is CCN1CCN(c2ccc(NC(=O)c3ccc(F)cc3)cc2C(=O)O)CC1.O=C(O)C(F)(F)F. The van der Waals surface area contributed by atoms with E-state index in [0.717, 1.165) is 32.7 Å². The second-order valence-corrected chi connectivity index (χ2v) is 7.22. The predicted molar refractivity (Wildman–Crippen MR) is 116 cm³/mol. The van der Waals surface area contributed by atoms with Crippen LogP contribution in [0.4, 0.5) is 28.9 Å². The largest absolute Gasteiger partial charge is 0.490 e. The molecule has 34 heavy (non-hydrogen) atoms. The zero-order valence-electron chi connectivity index (χ0n) is 18.1. The number of halogens is 4. The van der Waals surface area contributed by atoms with Crippen molar-refractivity contribution in [2.45, 2.75) is 13.1 Å². The van der Waals surface area contributed by atoms with E-state index in [0.29, 0.717) is 16.9 Å². The molecule has 184 valence electrons. The van der Waals surface area contributed by atoms with Gasteiger partial charge in [-0.25, -0.2) is 14.0 Å². The van der Waals surface area contributed by atoms with Gasteiger partial charge >= 0.3 is 18.1 Å². The van der Waals surface area contributed by atoms with E-state index in [-0.39, 0.29) is 5.56 Å². The lowest BCUT2D eigenvalue weighted by Gasteiger charge is -2.36. The maximum Gasteiger partial charge on any atom is 0.490 e. The Morgan fingerprint density at radius 1 is 0.971 bits per heavy atom. The van der Waals surface area contributed by atoms with Gasteiger partial charge in [-0.15, -0.1) is 0 Å². The van der Waals surface area contributed by atoms with Crippen molar-refractivity contribution in [1.29, 1.82) is 0 Å². The number of carboxylic acids is 2. The number of hydrogen-bond acceptors (Lipinski definition) is 5. The van der Waals surface area contributed by atoms with Crippen LogP contribution in [0.25, 0.3) is 0 Å². The molecule has 1 fully saturated rings. The molecule has 3 N–H and O–H groups in total. The summed E-state index contributed by atoms with van der Waals surface area (Å²) >= 11 is 0. The van der Waals surface area contributed by atoms with Crippen molar-refractivity contribution < 1.29 is 42.2 Å². The molecule has 1 amide bonds. The van der Waals surface area contributed by atoms with Gasteiger partial charge in [0, 0.05) is 37.4 Å². The molecule has 2 aromatic rings. The normalized spacial score (nSPS) is 14.1. The van der Waals surface area contributed by atoms with E-state index in [2.05, 4.69) is 22.0 Å². The summed E-state index contributed by atoms with van der Waals surface area (Å²) in [5.74, 6) is -4.64. The predicted octanol–water partition coefficient (Wildman–Crippen LogP) is 3.55. The number of aromatic carboxylic acids is 1. The van der Waals surface area contributed by atoms with E-state index in [1.165, 1.54) is 30.3 Å². The first kappa shape index (κ1) is 26.6. The zero-order chi connectivity index (χ0) is 25.5. The van der Waals surface area contributed by atoms with Crippen LogP contribution in [-0.2, 0) is 4.79 Å². The van der Waals surface area contributed by atoms with Crippen molar-refractivity contribution in [1.82, 2.24) is 4.90 Å². The fourth-order valence-corrected chi connectivity index (χ4v) is 3.17. The van der Waals surface area contributed by atoms with Crippen molar-refractivity contribution in [2.75, 3.05) is 42.9 Å². The summed E-state index contributed by atoms with van der Waals surface area (Å²) in [5.41, 5.74) is 1.49. The first-order chi connectivity index (χ1) is 15.9. The smallest absolute Gasteiger partial charge is 0.478 e. The zero-order valence-corrected chi connectivity index (χ0v) is 18.1. The summed E-state index contributed by atoms with van der Waals surface area (Å²) in [6.07, 6.45) is -5.08. The molecule has 1 heterocycles. The molecule has 1 aliphatic heterocycles. The maximum atomic E-state index is 13.0. The van der Waals surface area contributed by atoms with Gasteiger partial charge in [0.15, 0.2) is 0 Å². The molecule has 0 spiro atoms. The van der Waals surface area contributed by atoms with Gasteiger partial charge in [0.2, 0.25) is 0 Å². The quantitative estimate of drug-likeness (QED) is 0.556. The third kappa shape index (κ3) is 7.44. The van der Waals surface area contributed by atoms with Gasteiger partial charge in [-0.2, -0.15) is 13.2 Å². The number of carboxylic acid groups (broad SMARTS) is 2. The van der Waals surface area contributed by atoms with Crippen LogP contribution in [0.1, 0.15) is 27.6 Å². The summed E-state index contributed by atoms with van der Waals surface area (Å²) in [5, 5.41) is 19.4. The van der Waals surface area contributed by atoms with Gasteiger partial charge in [-0.1, -0.05) is 6.92 Å². The number of benzene rings is 2. The van der Waals surface area contributed by atoms with Gasteiger partial charge in [-0.3, -0.25) is 4.79 Å². The van der Waals surface area contributed by atoms with E-state index < -0.39 is 29.8 Å². The number of nitrogens with one attached hydrogen (secondary N) is 1. The van der Waals surface area contributed by atoms with Gasteiger partial charge < -0.3 is 25.3 Å². The molecule has 1 saturated heterocycles. The Bertz CT molecular complexity index is 1020. The molecule has 12 heteroatoms. The Morgan fingerprint density at radius 3 is 2.00 bits per heavy atom. The standard InChI is InChI=1S/C20H22FN3O3.C2HF3O2/c1-2-23-9-11-24(12-10-23)18-8-7-16(13-17(18)20(26)27)22-19(25)14-3-5-15(21)6-4-14;3-2(4,5)1(6)7/h3-8,13H,2,9-12H2,1H3,(H,22,25)(H,26,27);(H,6,7). The maximum absolute atomic E-state index is 13.0. The summed E-state index contributed by atoms with van der Waals surface area (Å²) in [6, 6.07) is 10.0. The van der Waals surface area contributed by atoms with Gasteiger partial charge in [0.05, 0.1) is 11.3 Å². The topological polar surface area (TPSA) is 110 Å². The van der Waals surface area contributed by atoms with E-state index in [1.807, 2.05) is 0 Å². The average molecular weight is 485 g/mol. The summed E-state index contributed by atoms with van der Waals surface area (Å²) in [4.78, 5) is 37.3. The number of piperazine rings is 1. The lowest BCUT2D eigenvalue weighted by atomic mass is 10.1.